The van der Waals surface area contributed by atoms with E-state index in [0.717, 1.165) is 31.4 Å². The van der Waals surface area contributed by atoms with Crippen LogP contribution >= 0.6 is 0 Å². The summed E-state index contributed by atoms with van der Waals surface area (Å²) >= 11 is 0. The molecule has 0 aromatic heterocycles. The molecule has 0 radical (unpaired) electrons. The topological polar surface area (TPSA) is 67.4 Å². The van der Waals surface area contributed by atoms with Gasteiger partial charge >= 0.3 is 12.0 Å². The minimum absolute atomic E-state index is 0.0543. The highest BCUT2D eigenvalue weighted by Crippen LogP contribution is 2.13. The molecule has 0 unspecified atom stereocenters. The number of nitrogens with one attached hydrogen (secondary N) is 2. The van der Waals surface area contributed by atoms with Crippen LogP contribution in [0, 0.1) is 0 Å². The second-order valence-corrected chi connectivity index (χ2v) is 8.34. The predicted octanol–water partition coefficient (Wildman–Crippen LogP) is 6.52. The van der Waals surface area contributed by atoms with Gasteiger partial charge in [-0.3, -0.25) is 4.79 Å². The van der Waals surface area contributed by atoms with Crippen molar-refractivity contribution in [2.24, 2.45) is 0 Å². The first-order valence-corrected chi connectivity index (χ1v) is 12.7. The molecule has 0 aliphatic heterocycles. The molecule has 0 spiro atoms. The van der Waals surface area contributed by atoms with E-state index < -0.39 is 0 Å². The largest absolute Gasteiger partial charge is 0.466 e. The summed E-state index contributed by atoms with van der Waals surface area (Å²) in [6.45, 7) is 3.57. The van der Waals surface area contributed by atoms with Crippen LogP contribution in [0.5, 0.6) is 0 Å². The van der Waals surface area contributed by atoms with E-state index >= 15 is 0 Å². The zero-order chi connectivity index (χ0) is 23.1. The Balaban J connectivity index is 1.77. The molecular weight excluding hydrogens is 400 g/mol. The van der Waals surface area contributed by atoms with Crippen molar-refractivity contribution in [2.45, 2.75) is 96.8 Å². The molecule has 1 aliphatic carbocycles. The van der Waals surface area contributed by atoms with Crippen LogP contribution in [-0.4, -0.2) is 31.7 Å². The highest BCUT2D eigenvalue weighted by molar-refractivity contribution is 5.74. The van der Waals surface area contributed by atoms with Gasteiger partial charge < -0.3 is 15.4 Å². The maximum atomic E-state index is 11.8. The fraction of sp³-hybridized carbons (Fsp3) is 0.667. The molecule has 180 valence electrons. The Hall–Kier alpha value is -2.26. The first kappa shape index (κ1) is 27.8. The molecule has 5 heteroatoms. The Labute approximate surface area is 195 Å². The third kappa shape index (κ3) is 17.4. The molecule has 0 saturated heterocycles. The minimum Gasteiger partial charge on any atom is -0.466 e. The summed E-state index contributed by atoms with van der Waals surface area (Å²) in [4.78, 5) is 23.1. The third-order valence-corrected chi connectivity index (χ3v) is 5.47. The van der Waals surface area contributed by atoms with Crippen molar-refractivity contribution in [3.05, 3.63) is 41.7 Å². The molecule has 0 fully saturated rings. The SMILES string of the molecule is CCOC(=O)CCCCCCCCCCCCCCCNC(=O)NCC1=C=CC=CC=C1. The van der Waals surface area contributed by atoms with Crippen LogP contribution in [0.2, 0.25) is 0 Å². The molecule has 2 amide bonds. The monoisotopic (exact) mass is 444 g/mol. The van der Waals surface area contributed by atoms with E-state index in [-0.39, 0.29) is 12.0 Å². The van der Waals surface area contributed by atoms with Crippen LogP contribution in [0.25, 0.3) is 0 Å². The van der Waals surface area contributed by atoms with Gasteiger partial charge in [0.1, 0.15) is 0 Å². The van der Waals surface area contributed by atoms with Crippen LogP contribution in [0.4, 0.5) is 4.79 Å². The number of allylic oxidation sites excluding steroid dienone is 3. The molecule has 0 aromatic rings. The zero-order valence-corrected chi connectivity index (χ0v) is 20.1. The summed E-state index contributed by atoms with van der Waals surface area (Å²) in [5.74, 6) is -0.0543. The van der Waals surface area contributed by atoms with Crippen molar-refractivity contribution < 1.29 is 14.3 Å². The Morgan fingerprint density at radius 1 is 0.781 bits per heavy atom. The Morgan fingerprint density at radius 3 is 2.00 bits per heavy atom. The van der Waals surface area contributed by atoms with Gasteiger partial charge in [-0.1, -0.05) is 88.9 Å². The van der Waals surface area contributed by atoms with Crippen LogP contribution in [0.15, 0.2) is 41.7 Å². The Bertz CT molecular complexity index is 631. The summed E-state index contributed by atoms with van der Waals surface area (Å²) in [5, 5.41) is 5.80. The fourth-order valence-electron chi connectivity index (χ4n) is 3.62. The van der Waals surface area contributed by atoms with E-state index in [9.17, 15) is 9.59 Å². The maximum absolute atomic E-state index is 11.8. The number of hydrogen-bond acceptors (Lipinski definition) is 3. The van der Waals surface area contributed by atoms with Gasteiger partial charge in [0.25, 0.3) is 0 Å². The van der Waals surface area contributed by atoms with Gasteiger partial charge in [0, 0.05) is 18.5 Å². The molecule has 0 aromatic carbocycles. The summed E-state index contributed by atoms with van der Waals surface area (Å²) in [6, 6.07) is -0.107. The number of hydrogen-bond donors (Lipinski definition) is 2. The molecule has 5 nitrogen and oxygen atoms in total. The standard InChI is InChI=1S/C27H44N2O3/c1-2-32-26(30)22-18-12-10-8-6-4-3-5-7-9-11-15-19-23-28-27(31)29-24-25-20-16-13-14-17-21-25/h13-14,16-17,20H,2-12,15,18-19,22-24H2,1H3,(H2,28,29,31). The molecule has 2 N–H and O–H groups in total. The first-order chi connectivity index (χ1) is 15.7. The average Bonchev–Trinajstić information content (AvgIpc) is 3.06. The molecule has 0 bridgehead atoms. The molecule has 1 aliphatic rings. The van der Waals surface area contributed by atoms with Gasteiger partial charge in [-0.15, -0.1) is 5.73 Å². The smallest absolute Gasteiger partial charge is 0.315 e. The van der Waals surface area contributed by atoms with E-state index in [1.54, 1.807) is 0 Å². The summed E-state index contributed by atoms with van der Waals surface area (Å²) in [5.41, 5.74) is 4.10. The quantitative estimate of drug-likeness (QED) is 0.135. The number of esters is 1. The Kier molecular flexibility index (Phi) is 17.9. The number of unbranched alkanes of at least 4 members (excludes halogenated alkanes) is 12. The van der Waals surface area contributed by atoms with Crippen molar-refractivity contribution in [2.75, 3.05) is 19.7 Å². The van der Waals surface area contributed by atoms with Gasteiger partial charge in [-0.25, -0.2) is 4.79 Å². The average molecular weight is 445 g/mol. The van der Waals surface area contributed by atoms with Gasteiger partial charge in [0.2, 0.25) is 0 Å². The zero-order valence-electron chi connectivity index (χ0n) is 20.1. The molecule has 0 saturated carbocycles. The molecule has 1 rings (SSSR count). The summed E-state index contributed by atoms with van der Waals surface area (Å²) in [7, 11) is 0. The van der Waals surface area contributed by atoms with E-state index in [0.29, 0.717) is 19.6 Å². The number of rotatable bonds is 19. The third-order valence-electron chi connectivity index (χ3n) is 5.47. The lowest BCUT2D eigenvalue weighted by molar-refractivity contribution is -0.143. The number of urea groups is 1. The van der Waals surface area contributed by atoms with Crippen molar-refractivity contribution in [1.29, 1.82) is 0 Å². The fourth-order valence-corrected chi connectivity index (χ4v) is 3.62. The van der Waals surface area contributed by atoms with Gasteiger partial charge in [0.05, 0.1) is 13.2 Å². The second-order valence-electron chi connectivity index (χ2n) is 8.34. The molecule has 0 atom stereocenters. The number of carbonyl (C=O) groups excluding carboxylic acids is 2. The van der Waals surface area contributed by atoms with Crippen molar-refractivity contribution >= 4 is 12.0 Å². The lowest BCUT2D eigenvalue weighted by Gasteiger charge is -2.07. The number of amides is 2. The lowest BCUT2D eigenvalue weighted by Crippen LogP contribution is -2.36. The maximum Gasteiger partial charge on any atom is 0.315 e. The first-order valence-electron chi connectivity index (χ1n) is 12.7. The van der Waals surface area contributed by atoms with Crippen LogP contribution in [0.3, 0.4) is 0 Å². The minimum atomic E-state index is -0.107. The van der Waals surface area contributed by atoms with Crippen molar-refractivity contribution in [3.8, 4) is 0 Å². The highest BCUT2D eigenvalue weighted by Gasteiger charge is 2.01. The van der Waals surface area contributed by atoms with Crippen LogP contribution in [0.1, 0.15) is 96.8 Å². The van der Waals surface area contributed by atoms with Crippen LogP contribution in [-0.2, 0) is 9.53 Å². The van der Waals surface area contributed by atoms with Gasteiger partial charge in [0.15, 0.2) is 0 Å². The number of ether oxygens (including phenoxy) is 1. The predicted molar refractivity (Wildman–Crippen MR) is 133 cm³/mol. The summed E-state index contributed by atoms with van der Waals surface area (Å²) in [6.07, 6.45) is 26.2. The van der Waals surface area contributed by atoms with Crippen molar-refractivity contribution in [3.63, 3.8) is 0 Å². The number of carbonyl (C=O) groups is 2. The van der Waals surface area contributed by atoms with E-state index in [1.165, 1.54) is 64.2 Å². The van der Waals surface area contributed by atoms with Crippen LogP contribution < -0.4 is 10.6 Å². The highest BCUT2D eigenvalue weighted by atomic mass is 16.5. The molecule has 32 heavy (non-hydrogen) atoms. The normalized spacial score (nSPS) is 12.3. The second kappa shape index (κ2) is 20.6. The van der Waals surface area contributed by atoms with Crippen molar-refractivity contribution in [1.82, 2.24) is 10.6 Å². The molecular formula is C27H44N2O3. The lowest BCUT2D eigenvalue weighted by atomic mass is 10.0. The van der Waals surface area contributed by atoms with E-state index in [2.05, 4.69) is 16.4 Å². The molecule has 0 heterocycles. The van der Waals surface area contributed by atoms with E-state index in [4.69, 9.17) is 4.74 Å². The summed E-state index contributed by atoms with van der Waals surface area (Å²) < 4.78 is 4.94. The van der Waals surface area contributed by atoms with Gasteiger partial charge in [-0.05, 0) is 31.9 Å². The Morgan fingerprint density at radius 2 is 1.38 bits per heavy atom. The van der Waals surface area contributed by atoms with Gasteiger partial charge in [-0.2, -0.15) is 0 Å². The van der Waals surface area contributed by atoms with E-state index in [1.807, 2.05) is 37.3 Å².